The van der Waals surface area contributed by atoms with Crippen LogP contribution in [0, 0.1) is 13.8 Å². The Morgan fingerprint density at radius 3 is 2.70 bits per heavy atom. The highest BCUT2D eigenvalue weighted by atomic mass is 16.5. The number of hydrogen-bond donors (Lipinski definition) is 0. The van der Waals surface area contributed by atoms with Crippen molar-refractivity contribution >= 4 is 17.0 Å². The third kappa shape index (κ3) is 3.14. The summed E-state index contributed by atoms with van der Waals surface area (Å²) in [6.07, 6.45) is 0. The summed E-state index contributed by atoms with van der Waals surface area (Å²) in [4.78, 5) is 19.4. The fraction of sp³-hybridized carbons (Fsp3) is 0.500. The maximum Gasteiger partial charge on any atom is 0.252 e. The Kier molecular flexibility index (Phi) is 4.20. The van der Waals surface area contributed by atoms with Crippen molar-refractivity contribution < 1.29 is 13.7 Å². The number of anilines is 1. The van der Waals surface area contributed by atoms with Crippen LogP contribution in [0.2, 0.25) is 0 Å². The molecule has 0 amide bonds. The van der Waals surface area contributed by atoms with Gasteiger partial charge in [-0.25, -0.2) is 9.97 Å². The second-order valence-corrected chi connectivity index (χ2v) is 5.03. The van der Waals surface area contributed by atoms with Crippen LogP contribution in [0.3, 0.4) is 0 Å². The molecular weight excluding hydrogens is 300 g/mol. The minimum atomic E-state index is 0.314. The molecule has 0 atom stereocenters. The van der Waals surface area contributed by atoms with Gasteiger partial charge >= 0.3 is 0 Å². The predicted molar refractivity (Wildman–Crippen MR) is 80.8 cm³/mol. The summed E-state index contributed by atoms with van der Waals surface area (Å²) >= 11 is 0. The molecule has 0 aliphatic carbocycles. The third-order valence-corrected chi connectivity index (χ3v) is 3.25. The van der Waals surface area contributed by atoms with Gasteiger partial charge in [0.05, 0.1) is 6.54 Å². The summed E-state index contributed by atoms with van der Waals surface area (Å²) in [5, 5.41) is 3.87. The van der Waals surface area contributed by atoms with Crippen LogP contribution in [0.25, 0.3) is 11.2 Å². The van der Waals surface area contributed by atoms with Crippen LogP contribution >= 0.6 is 0 Å². The van der Waals surface area contributed by atoms with Crippen molar-refractivity contribution in [2.24, 2.45) is 0 Å². The van der Waals surface area contributed by atoms with Crippen LogP contribution in [0.15, 0.2) is 8.94 Å². The van der Waals surface area contributed by atoms with E-state index in [-0.39, 0.29) is 0 Å². The van der Waals surface area contributed by atoms with E-state index >= 15 is 0 Å². The SMILES string of the molecule is CCN(Cc1nc(COC)no1)c1nc(C)nc2oc(C)nc12. The van der Waals surface area contributed by atoms with Crippen molar-refractivity contribution in [1.29, 1.82) is 0 Å². The zero-order valence-corrected chi connectivity index (χ0v) is 13.5. The van der Waals surface area contributed by atoms with Gasteiger partial charge in [-0.1, -0.05) is 5.16 Å². The highest BCUT2D eigenvalue weighted by molar-refractivity contribution is 5.81. The largest absolute Gasteiger partial charge is 0.422 e. The van der Waals surface area contributed by atoms with Gasteiger partial charge in [0.1, 0.15) is 12.4 Å². The van der Waals surface area contributed by atoms with Crippen molar-refractivity contribution in [3.63, 3.8) is 0 Å². The Balaban J connectivity index is 1.93. The van der Waals surface area contributed by atoms with Gasteiger partial charge in [-0.2, -0.15) is 9.97 Å². The van der Waals surface area contributed by atoms with Gasteiger partial charge in [-0.15, -0.1) is 0 Å². The molecule has 0 saturated heterocycles. The summed E-state index contributed by atoms with van der Waals surface area (Å²) in [6, 6.07) is 0. The number of rotatable bonds is 6. The van der Waals surface area contributed by atoms with Gasteiger partial charge in [0.2, 0.25) is 5.89 Å². The summed E-state index contributed by atoms with van der Waals surface area (Å²) < 4.78 is 15.8. The van der Waals surface area contributed by atoms with Crippen molar-refractivity contribution in [1.82, 2.24) is 25.1 Å². The molecule has 0 N–H and O–H groups in total. The Hall–Kier alpha value is -2.55. The Morgan fingerprint density at radius 2 is 1.96 bits per heavy atom. The first-order valence-electron chi connectivity index (χ1n) is 7.27. The molecule has 3 aromatic heterocycles. The minimum absolute atomic E-state index is 0.314. The molecule has 0 spiro atoms. The highest BCUT2D eigenvalue weighted by Crippen LogP contribution is 2.25. The number of fused-ring (bicyclic) bond motifs is 1. The predicted octanol–water partition coefficient (Wildman–Crippen LogP) is 1.79. The molecule has 23 heavy (non-hydrogen) atoms. The molecule has 0 bridgehead atoms. The van der Waals surface area contributed by atoms with E-state index in [9.17, 15) is 0 Å². The first-order chi connectivity index (χ1) is 11.1. The Labute approximate surface area is 132 Å². The smallest absolute Gasteiger partial charge is 0.252 e. The lowest BCUT2D eigenvalue weighted by atomic mass is 10.4. The Morgan fingerprint density at radius 1 is 1.13 bits per heavy atom. The van der Waals surface area contributed by atoms with Crippen LogP contribution in [0.4, 0.5) is 5.82 Å². The van der Waals surface area contributed by atoms with Gasteiger partial charge in [-0.3, -0.25) is 0 Å². The van der Waals surface area contributed by atoms with Crippen molar-refractivity contribution in [3.05, 3.63) is 23.4 Å². The van der Waals surface area contributed by atoms with E-state index in [0.29, 0.717) is 60.2 Å². The highest BCUT2D eigenvalue weighted by Gasteiger charge is 2.19. The van der Waals surface area contributed by atoms with E-state index in [4.69, 9.17) is 13.7 Å². The molecule has 0 radical (unpaired) electrons. The number of ether oxygens (including phenoxy) is 1. The van der Waals surface area contributed by atoms with Crippen LogP contribution < -0.4 is 4.90 Å². The summed E-state index contributed by atoms with van der Waals surface area (Å²) in [5.74, 6) is 2.87. The van der Waals surface area contributed by atoms with E-state index in [1.165, 1.54) is 0 Å². The van der Waals surface area contributed by atoms with Crippen LogP contribution in [0.5, 0.6) is 0 Å². The molecule has 122 valence electrons. The van der Waals surface area contributed by atoms with Crippen LogP contribution in [-0.2, 0) is 17.9 Å². The van der Waals surface area contributed by atoms with Crippen molar-refractivity contribution in [2.45, 2.75) is 33.9 Å². The average molecular weight is 318 g/mol. The molecule has 0 saturated carbocycles. The van der Waals surface area contributed by atoms with Crippen molar-refractivity contribution in [2.75, 3.05) is 18.6 Å². The average Bonchev–Trinajstić information content (AvgIpc) is 3.10. The topological polar surface area (TPSA) is 103 Å². The fourth-order valence-corrected chi connectivity index (χ4v) is 2.28. The van der Waals surface area contributed by atoms with Gasteiger partial charge in [0.15, 0.2) is 23.0 Å². The molecule has 0 unspecified atom stereocenters. The number of methoxy groups -OCH3 is 1. The first-order valence-corrected chi connectivity index (χ1v) is 7.27. The first kappa shape index (κ1) is 15.3. The van der Waals surface area contributed by atoms with E-state index in [1.54, 1.807) is 14.0 Å². The van der Waals surface area contributed by atoms with Gasteiger partial charge in [0, 0.05) is 20.6 Å². The normalized spacial score (nSPS) is 11.3. The molecule has 9 nitrogen and oxygen atoms in total. The third-order valence-electron chi connectivity index (χ3n) is 3.25. The lowest BCUT2D eigenvalue weighted by Crippen LogP contribution is -2.24. The quantitative estimate of drug-likeness (QED) is 0.672. The maximum absolute atomic E-state index is 5.51. The second kappa shape index (κ2) is 6.29. The number of aromatic nitrogens is 5. The lowest BCUT2D eigenvalue weighted by molar-refractivity contribution is 0.174. The number of aryl methyl sites for hydroxylation is 2. The van der Waals surface area contributed by atoms with E-state index in [0.717, 1.165) is 0 Å². The molecule has 0 aromatic carbocycles. The summed E-state index contributed by atoms with van der Waals surface area (Å²) in [7, 11) is 1.59. The Bertz CT molecular complexity index is 812. The molecule has 0 aliphatic rings. The molecule has 0 aliphatic heterocycles. The van der Waals surface area contributed by atoms with E-state index < -0.39 is 0 Å². The molecule has 3 rings (SSSR count). The minimum Gasteiger partial charge on any atom is -0.422 e. The van der Waals surface area contributed by atoms with Gasteiger partial charge < -0.3 is 18.6 Å². The van der Waals surface area contributed by atoms with Crippen LogP contribution in [-0.4, -0.2) is 38.7 Å². The fourth-order valence-electron chi connectivity index (χ4n) is 2.28. The lowest BCUT2D eigenvalue weighted by Gasteiger charge is -2.19. The molecule has 9 heteroatoms. The van der Waals surface area contributed by atoms with Gasteiger partial charge in [0.25, 0.3) is 5.71 Å². The molecule has 3 aromatic rings. The zero-order chi connectivity index (χ0) is 16.4. The number of oxazole rings is 1. The van der Waals surface area contributed by atoms with Crippen molar-refractivity contribution in [3.8, 4) is 0 Å². The number of nitrogens with zero attached hydrogens (tertiary/aromatic N) is 6. The monoisotopic (exact) mass is 318 g/mol. The van der Waals surface area contributed by atoms with E-state index in [1.807, 2.05) is 18.7 Å². The summed E-state index contributed by atoms with van der Waals surface area (Å²) in [6.45, 7) is 7.05. The molecule has 0 fully saturated rings. The molecule has 3 heterocycles. The molecular formula is C14H18N6O3. The van der Waals surface area contributed by atoms with Crippen LogP contribution in [0.1, 0.15) is 30.4 Å². The number of hydrogen-bond acceptors (Lipinski definition) is 9. The van der Waals surface area contributed by atoms with Gasteiger partial charge in [-0.05, 0) is 13.8 Å². The second-order valence-electron chi connectivity index (χ2n) is 5.03. The standard InChI is InChI=1S/C14H18N6O3/c1-5-20(6-11-18-10(7-21-4)19-23-11)13-12-14(16-8(2)15-13)22-9(3)17-12/h5-7H2,1-4H3. The maximum atomic E-state index is 5.51. The summed E-state index contributed by atoms with van der Waals surface area (Å²) in [5.41, 5.74) is 1.11. The van der Waals surface area contributed by atoms with E-state index in [2.05, 4.69) is 25.1 Å². The zero-order valence-electron chi connectivity index (χ0n) is 13.5.